The van der Waals surface area contributed by atoms with Crippen LogP contribution in [0.1, 0.15) is 12.0 Å². The van der Waals surface area contributed by atoms with Gasteiger partial charge in [-0.25, -0.2) is 9.82 Å². The van der Waals surface area contributed by atoms with E-state index >= 15 is 0 Å². The molecule has 0 atom stereocenters. The molecule has 1 heterocycles. The zero-order chi connectivity index (χ0) is 16.6. The van der Waals surface area contributed by atoms with Gasteiger partial charge in [-0.05, 0) is 52.5 Å². The molecule has 0 radical (unpaired) electrons. The van der Waals surface area contributed by atoms with Crippen LogP contribution in [0.15, 0.2) is 45.8 Å². The van der Waals surface area contributed by atoms with Crippen molar-refractivity contribution in [1.82, 2.24) is 5.43 Å². The number of aryl methyl sites for hydroxylation is 1. The Hall–Kier alpha value is -1.15. The second-order valence-corrected chi connectivity index (χ2v) is 8.12. The molecular formula is C15H13BrClFN2O2S. The van der Waals surface area contributed by atoms with Crippen LogP contribution in [-0.4, -0.2) is 15.0 Å². The fraction of sp³-hybridized carbons (Fsp3) is 0.200. The summed E-state index contributed by atoms with van der Waals surface area (Å²) in [6.45, 7) is 0.476. The summed E-state index contributed by atoms with van der Waals surface area (Å²) < 4.78 is 41.5. The van der Waals surface area contributed by atoms with Crippen LogP contribution in [0, 0.1) is 5.82 Å². The quantitative estimate of drug-likeness (QED) is 0.751. The molecule has 1 N–H and O–H groups in total. The Morgan fingerprint density at radius 3 is 2.78 bits per heavy atom. The molecule has 0 saturated carbocycles. The van der Waals surface area contributed by atoms with Gasteiger partial charge in [0, 0.05) is 11.0 Å². The van der Waals surface area contributed by atoms with Gasteiger partial charge in [0.1, 0.15) is 10.7 Å². The molecule has 122 valence electrons. The van der Waals surface area contributed by atoms with Gasteiger partial charge in [-0.3, -0.25) is 0 Å². The third kappa shape index (κ3) is 3.10. The second kappa shape index (κ2) is 6.39. The zero-order valence-electron chi connectivity index (χ0n) is 11.9. The Kier molecular flexibility index (Phi) is 4.64. The molecule has 4 nitrogen and oxygen atoms in total. The zero-order valence-corrected chi connectivity index (χ0v) is 15.0. The molecular weight excluding hydrogens is 407 g/mol. The summed E-state index contributed by atoms with van der Waals surface area (Å²) in [4.78, 5) is -0.432. The number of rotatable bonds is 2. The van der Waals surface area contributed by atoms with Gasteiger partial charge in [-0.15, -0.1) is 0 Å². The van der Waals surface area contributed by atoms with Crippen LogP contribution in [0.4, 0.5) is 10.1 Å². The summed E-state index contributed by atoms with van der Waals surface area (Å²) in [7, 11) is -4.11. The highest BCUT2D eigenvalue weighted by atomic mass is 79.9. The molecule has 2 aromatic carbocycles. The number of sulfonamides is 1. The summed E-state index contributed by atoms with van der Waals surface area (Å²) in [5, 5.41) is 0.116. The molecule has 0 aliphatic carbocycles. The first-order valence-electron chi connectivity index (χ1n) is 6.92. The van der Waals surface area contributed by atoms with E-state index in [4.69, 9.17) is 11.6 Å². The van der Waals surface area contributed by atoms with Crippen molar-refractivity contribution in [3.05, 3.63) is 57.3 Å². The van der Waals surface area contributed by atoms with Gasteiger partial charge >= 0.3 is 0 Å². The Bertz CT molecular complexity index is 861. The Labute approximate surface area is 147 Å². The summed E-state index contributed by atoms with van der Waals surface area (Å²) in [6.07, 6.45) is 1.54. The first-order chi connectivity index (χ1) is 10.9. The van der Waals surface area contributed by atoms with E-state index in [1.807, 2.05) is 12.1 Å². The van der Waals surface area contributed by atoms with Gasteiger partial charge in [0.25, 0.3) is 10.0 Å². The number of benzene rings is 2. The van der Waals surface area contributed by atoms with E-state index in [1.54, 1.807) is 12.1 Å². The summed E-state index contributed by atoms with van der Waals surface area (Å²) in [6, 6.07) is 9.36. The normalized spacial score (nSPS) is 15.2. The van der Waals surface area contributed by atoms with Crippen molar-refractivity contribution >= 4 is 43.2 Å². The third-order valence-electron chi connectivity index (χ3n) is 3.58. The van der Waals surface area contributed by atoms with E-state index in [2.05, 4.69) is 21.4 Å². The lowest BCUT2D eigenvalue weighted by Gasteiger charge is -2.25. The van der Waals surface area contributed by atoms with Crippen LogP contribution in [-0.2, 0) is 16.4 Å². The molecule has 23 heavy (non-hydrogen) atoms. The summed E-state index contributed by atoms with van der Waals surface area (Å²) in [5.41, 5.74) is 4.28. The smallest absolute Gasteiger partial charge is 0.220 e. The number of hydrazine groups is 1. The average molecular weight is 420 g/mol. The lowest BCUT2D eigenvalue weighted by Crippen LogP contribution is -2.43. The van der Waals surface area contributed by atoms with E-state index < -0.39 is 20.7 Å². The Morgan fingerprint density at radius 1 is 1.26 bits per heavy atom. The maximum Gasteiger partial charge on any atom is 0.280 e. The SMILES string of the molecule is O=S(=O)(c1cc(Br)c(Cl)cc1F)N1NCCCc2ccccc21. The number of para-hydroxylation sites is 1. The van der Waals surface area contributed by atoms with Crippen LogP contribution in [0.25, 0.3) is 0 Å². The van der Waals surface area contributed by atoms with Gasteiger partial charge in [0.05, 0.1) is 10.7 Å². The fourth-order valence-electron chi connectivity index (χ4n) is 2.48. The first-order valence-corrected chi connectivity index (χ1v) is 9.53. The number of nitrogens with one attached hydrogen (secondary N) is 1. The number of hydrogen-bond acceptors (Lipinski definition) is 3. The van der Waals surface area contributed by atoms with Gasteiger partial charge < -0.3 is 0 Å². The highest BCUT2D eigenvalue weighted by Crippen LogP contribution is 2.32. The van der Waals surface area contributed by atoms with Crippen LogP contribution in [0.2, 0.25) is 5.02 Å². The molecule has 1 aliphatic heterocycles. The predicted molar refractivity (Wildman–Crippen MR) is 91.5 cm³/mol. The average Bonchev–Trinajstić information content (AvgIpc) is 2.73. The van der Waals surface area contributed by atoms with E-state index in [-0.39, 0.29) is 5.02 Å². The number of nitrogens with zero attached hydrogens (tertiary/aromatic N) is 1. The van der Waals surface area contributed by atoms with Crippen molar-refractivity contribution in [3.63, 3.8) is 0 Å². The Morgan fingerprint density at radius 2 is 2.00 bits per heavy atom. The Balaban J connectivity index is 2.15. The van der Waals surface area contributed by atoms with Crippen molar-refractivity contribution in [2.45, 2.75) is 17.7 Å². The molecule has 0 saturated heterocycles. The summed E-state index contributed by atoms with van der Waals surface area (Å²) in [5.74, 6) is -0.887. The topological polar surface area (TPSA) is 49.4 Å². The molecule has 1 aliphatic rings. The number of anilines is 1. The van der Waals surface area contributed by atoms with E-state index in [0.717, 1.165) is 28.9 Å². The largest absolute Gasteiger partial charge is 0.280 e. The van der Waals surface area contributed by atoms with Crippen LogP contribution < -0.4 is 9.84 Å². The van der Waals surface area contributed by atoms with Crippen LogP contribution >= 0.6 is 27.5 Å². The molecule has 0 aromatic heterocycles. The fourth-order valence-corrected chi connectivity index (χ4v) is 4.59. The number of halogens is 3. The second-order valence-electron chi connectivity index (χ2n) is 5.11. The van der Waals surface area contributed by atoms with Crippen molar-refractivity contribution in [1.29, 1.82) is 0 Å². The number of hydrogen-bond donors (Lipinski definition) is 1. The molecule has 0 amide bonds. The van der Waals surface area contributed by atoms with Gasteiger partial charge in [0.15, 0.2) is 0 Å². The molecule has 0 bridgehead atoms. The monoisotopic (exact) mass is 418 g/mol. The lowest BCUT2D eigenvalue weighted by atomic mass is 10.1. The maximum absolute atomic E-state index is 14.2. The molecule has 0 fully saturated rings. The van der Waals surface area contributed by atoms with Gasteiger partial charge in [0.2, 0.25) is 0 Å². The molecule has 0 unspecified atom stereocenters. The summed E-state index contributed by atoms with van der Waals surface area (Å²) >= 11 is 8.96. The molecule has 2 aromatic rings. The lowest BCUT2D eigenvalue weighted by molar-refractivity contribution is 0.554. The minimum absolute atomic E-state index is 0.116. The first kappa shape index (κ1) is 16.7. The van der Waals surface area contributed by atoms with Gasteiger partial charge in [-0.1, -0.05) is 29.8 Å². The van der Waals surface area contributed by atoms with Crippen molar-refractivity contribution in [2.75, 3.05) is 11.0 Å². The van der Waals surface area contributed by atoms with E-state index in [9.17, 15) is 12.8 Å². The molecule has 0 spiro atoms. The van der Waals surface area contributed by atoms with Crippen LogP contribution in [0.3, 0.4) is 0 Å². The van der Waals surface area contributed by atoms with E-state index in [0.29, 0.717) is 16.7 Å². The highest BCUT2D eigenvalue weighted by Gasteiger charge is 2.31. The van der Waals surface area contributed by atoms with Crippen molar-refractivity contribution in [2.24, 2.45) is 0 Å². The maximum atomic E-state index is 14.2. The standard InChI is InChI=1S/C15H13BrClFN2O2S/c16-11-8-15(13(18)9-12(11)17)23(21,22)20-14-6-2-1-4-10(14)5-3-7-19-20/h1-2,4,6,8-9,19H,3,5,7H2. The highest BCUT2D eigenvalue weighted by molar-refractivity contribution is 9.10. The van der Waals surface area contributed by atoms with Crippen LogP contribution in [0.5, 0.6) is 0 Å². The predicted octanol–water partition coefficient (Wildman–Crippen LogP) is 3.89. The third-order valence-corrected chi connectivity index (χ3v) is 6.45. The van der Waals surface area contributed by atoms with E-state index in [1.165, 1.54) is 6.07 Å². The van der Waals surface area contributed by atoms with Crippen molar-refractivity contribution in [3.8, 4) is 0 Å². The number of fused-ring (bicyclic) bond motifs is 1. The minimum Gasteiger partial charge on any atom is -0.220 e. The molecule has 8 heteroatoms. The minimum atomic E-state index is -4.11. The van der Waals surface area contributed by atoms with Gasteiger partial charge in [-0.2, -0.15) is 12.8 Å². The molecule has 3 rings (SSSR count). The van der Waals surface area contributed by atoms with Crippen molar-refractivity contribution < 1.29 is 12.8 Å².